The Hall–Kier alpha value is -2.16. The van der Waals surface area contributed by atoms with E-state index in [1.165, 1.54) is 0 Å². The summed E-state index contributed by atoms with van der Waals surface area (Å²) in [4.78, 5) is 22.1. The summed E-state index contributed by atoms with van der Waals surface area (Å²) >= 11 is 0. The van der Waals surface area contributed by atoms with Gasteiger partial charge in [0.05, 0.1) is 16.6 Å². The zero-order valence-electron chi connectivity index (χ0n) is 12.7. The van der Waals surface area contributed by atoms with Crippen LogP contribution in [0.3, 0.4) is 0 Å². The smallest absolute Gasteiger partial charge is 0.393 e. The Bertz CT molecular complexity index is 634. The number of nitrogens with one attached hydrogen (secondary N) is 1. The van der Waals surface area contributed by atoms with E-state index < -0.39 is 39.9 Å². The Balaban J connectivity index is 2.15. The second-order valence-electron chi connectivity index (χ2n) is 5.81. The third kappa shape index (κ3) is 4.22. The van der Waals surface area contributed by atoms with Gasteiger partial charge in [-0.1, -0.05) is 12.8 Å². The minimum atomic E-state index is -4.73. The number of aliphatic hydroxyl groups excluding tert-OH is 1. The molecule has 1 amide bonds. The fourth-order valence-electron chi connectivity index (χ4n) is 2.80. The fourth-order valence-corrected chi connectivity index (χ4v) is 2.80. The van der Waals surface area contributed by atoms with Gasteiger partial charge in [0.2, 0.25) is 0 Å². The highest BCUT2D eigenvalue weighted by atomic mass is 19.4. The van der Waals surface area contributed by atoms with Gasteiger partial charge in [-0.15, -0.1) is 0 Å². The largest absolute Gasteiger partial charge is 0.416 e. The zero-order chi connectivity index (χ0) is 17.9. The first-order valence-electron chi connectivity index (χ1n) is 7.52. The molecule has 0 spiro atoms. The monoisotopic (exact) mass is 346 g/mol. The van der Waals surface area contributed by atoms with Crippen LogP contribution in [0.5, 0.6) is 0 Å². The van der Waals surface area contributed by atoms with Gasteiger partial charge in [0.25, 0.3) is 11.6 Å². The van der Waals surface area contributed by atoms with Gasteiger partial charge >= 0.3 is 6.18 Å². The first-order valence-corrected chi connectivity index (χ1v) is 7.52. The second-order valence-corrected chi connectivity index (χ2v) is 5.81. The van der Waals surface area contributed by atoms with Crippen molar-refractivity contribution in [2.75, 3.05) is 6.54 Å². The maximum atomic E-state index is 12.6. The van der Waals surface area contributed by atoms with Crippen LogP contribution in [0.2, 0.25) is 0 Å². The summed E-state index contributed by atoms with van der Waals surface area (Å²) in [6, 6.07) is 1.79. The SMILES string of the molecule is O=C(NCC1CCCCC1O)c1ccc(C(F)(F)F)cc1[N+](=O)[O-]. The number of hydrogen-bond acceptors (Lipinski definition) is 4. The van der Waals surface area contributed by atoms with Crippen LogP contribution < -0.4 is 5.32 Å². The van der Waals surface area contributed by atoms with E-state index in [1.807, 2.05) is 0 Å². The summed E-state index contributed by atoms with van der Waals surface area (Å²) in [5, 5.41) is 23.3. The quantitative estimate of drug-likeness (QED) is 0.648. The molecule has 132 valence electrons. The summed E-state index contributed by atoms with van der Waals surface area (Å²) in [6.07, 6.45) is -2.13. The number of alkyl halides is 3. The Labute approximate surface area is 135 Å². The first kappa shape index (κ1) is 18.2. The Morgan fingerprint density at radius 1 is 1.33 bits per heavy atom. The van der Waals surface area contributed by atoms with Crippen LogP contribution >= 0.6 is 0 Å². The number of carbonyl (C=O) groups is 1. The van der Waals surface area contributed by atoms with Crippen molar-refractivity contribution in [2.24, 2.45) is 5.92 Å². The van der Waals surface area contributed by atoms with Crippen molar-refractivity contribution in [2.45, 2.75) is 38.0 Å². The number of halogens is 3. The van der Waals surface area contributed by atoms with E-state index >= 15 is 0 Å². The highest BCUT2D eigenvalue weighted by Crippen LogP contribution is 2.33. The number of nitro benzene ring substituents is 1. The van der Waals surface area contributed by atoms with E-state index in [0.717, 1.165) is 25.3 Å². The molecule has 1 aromatic rings. The molecule has 0 saturated heterocycles. The van der Waals surface area contributed by atoms with E-state index in [2.05, 4.69) is 5.32 Å². The average Bonchev–Trinajstić information content (AvgIpc) is 2.52. The van der Waals surface area contributed by atoms with E-state index in [1.54, 1.807) is 0 Å². The Morgan fingerprint density at radius 3 is 2.58 bits per heavy atom. The van der Waals surface area contributed by atoms with Crippen LogP contribution in [-0.2, 0) is 6.18 Å². The fraction of sp³-hybridized carbons (Fsp3) is 0.533. The third-order valence-corrected chi connectivity index (χ3v) is 4.16. The lowest BCUT2D eigenvalue weighted by Gasteiger charge is -2.27. The molecule has 1 aliphatic rings. The van der Waals surface area contributed by atoms with Crippen LogP contribution in [-0.4, -0.2) is 28.6 Å². The highest BCUT2D eigenvalue weighted by Gasteiger charge is 2.34. The van der Waals surface area contributed by atoms with Gasteiger partial charge in [-0.25, -0.2) is 0 Å². The Morgan fingerprint density at radius 2 is 2.00 bits per heavy atom. The second kappa shape index (κ2) is 7.16. The number of benzene rings is 1. The zero-order valence-corrected chi connectivity index (χ0v) is 12.7. The minimum Gasteiger partial charge on any atom is -0.393 e. The summed E-state index contributed by atoms with van der Waals surface area (Å²) in [5.41, 5.74) is -2.52. The predicted molar refractivity (Wildman–Crippen MR) is 78.4 cm³/mol. The molecule has 2 rings (SSSR count). The number of carbonyl (C=O) groups excluding carboxylic acids is 1. The molecular weight excluding hydrogens is 329 g/mol. The summed E-state index contributed by atoms with van der Waals surface area (Å²) in [7, 11) is 0. The minimum absolute atomic E-state index is 0.123. The standard InChI is InChI=1S/C15H17F3N2O4/c16-15(17,18)10-5-6-11(12(7-10)20(23)24)14(22)19-8-9-3-1-2-4-13(9)21/h5-7,9,13,21H,1-4,8H2,(H,19,22). The van der Waals surface area contributed by atoms with Crippen molar-refractivity contribution in [1.82, 2.24) is 5.32 Å². The van der Waals surface area contributed by atoms with Gasteiger partial charge in [-0.3, -0.25) is 14.9 Å². The van der Waals surface area contributed by atoms with Crippen molar-refractivity contribution < 1.29 is 28.0 Å². The molecule has 2 unspecified atom stereocenters. The van der Waals surface area contributed by atoms with Crippen LogP contribution in [0.1, 0.15) is 41.6 Å². The van der Waals surface area contributed by atoms with E-state index in [0.29, 0.717) is 18.6 Å². The van der Waals surface area contributed by atoms with Crippen molar-refractivity contribution in [3.63, 3.8) is 0 Å². The lowest BCUT2D eigenvalue weighted by molar-refractivity contribution is -0.385. The highest BCUT2D eigenvalue weighted by molar-refractivity contribution is 5.98. The van der Waals surface area contributed by atoms with Crippen molar-refractivity contribution >= 4 is 11.6 Å². The molecule has 0 aromatic heterocycles. The van der Waals surface area contributed by atoms with E-state index in [4.69, 9.17) is 0 Å². The molecule has 6 nitrogen and oxygen atoms in total. The molecule has 0 aliphatic heterocycles. The van der Waals surface area contributed by atoms with Gasteiger partial charge in [-0.05, 0) is 25.0 Å². The number of rotatable bonds is 4. The molecule has 2 N–H and O–H groups in total. The third-order valence-electron chi connectivity index (χ3n) is 4.16. The average molecular weight is 346 g/mol. The van der Waals surface area contributed by atoms with Crippen LogP contribution in [0.4, 0.5) is 18.9 Å². The number of nitrogens with zero attached hydrogens (tertiary/aromatic N) is 1. The molecule has 0 bridgehead atoms. The predicted octanol–water partition coefficient (Wildman–Crippen LogP) is 2.89. The lowest BCUT2D eigenvalue weighted by atomic mass is 9.86. The first-order chi connectivity index (χ1) is 11.2. The van der Waals surface area contributed by atoms with Crippen molar-refractivity contribution in [3.05, 3.63) is 39.4 Å². The normalized spacial score (nSPS) is 21.3. The molecule has 1 saturated carbocycles. The topological polar surface area (TPSA) is 92.5 Å². The van der Waals surface area contributed by atoms with E-state index in [9.17, 15) is 33.2 Å². The maximum absolute atomic E-state index is 12.6. The van der Waals surface area contributed by atoms with Gasteiger partial charge in [0, 0.05) is 18.5 Å². The summed E-state index contributed by atoms with van der Waals surface area (Å²) < 4.78 is 37.9. The van der Waals surface area contributed by atoms with Gasteiger partial charge in [-0.2, -0.15) is 13.2 Å². The molecular formula is C15H17F3N2O4. The molecule has 0 heterocycles. The van der Waals surface area contributed by atoms with Gasteiger partial charge in [0.1, 0.15) is 5.56 Å². The molecule has 0 radical (unpaired) electrons. The summed E-state index contributed by atoms with van der Waals surface area (Å²) in [6.45, 7) is 0.123. The molecule has 1 aliphatic carbocycles. The number of hydrogen-bond donors (Lipinski definition) is 2. The van der Waals surface area contributed by atoms with E-state index in [-0.39, 0.29) is 12.5 Å². The molecule has 24 heavy (non-hydrogen) atoms. The van der Waals surface area contributed by atoms with Gasteiger partial charge in [0.15, 0.2) is 0 Å². The molecule has 2 atom stereocenters. The molecule has 9 heteroatoms. The maximum Gasteiger partial charge on any atom is 0.416 e. The number of nitro groups is 1. The van der Waals surface area contributed by atoms with Crippen LogP contribution in [0, 0.1) is 16.0 Å². The van der Waals surface area contributed by atoms with Crippen LogP contribution in [0.25, 0.3) is 0 Å². The van der Waals surface area contributed by atoms with Crippen molar-refractivity contribution in [1.29, 1.82) is 0 Å². The lowest BCUT2D eigenvalue weighted by Crippen LogP contribution is -2.36. The molecule has 1 fully saturated rings. The summed E-state index contributed by atoms with van der Waals surface area (Å²) in [5.74, 6) is -0.982. The number of aliphatic hydroxyl groups is 1. The van der Waals surface area contributed by atoms with Gasteiger partial charge < -0.3 is 10.4 Å². The van der Waals surface area contributed by atoms with Crippen LogP contribution in [0.15, 0.2) is 18.2 Å². The number of amides is 1. The van der Waals surface area contributed by atoms with Crippen molar-refractivity contribution in [3.8, 4) is 0 Å². The Kier molecular flexibility index (Phi) is 5.43. The molecule has 1 aromatic carbocycles.